The van der Waals surface area contributed by atoms with Gasteiger partial charge in [0.1, 0.15) is 5.75 Å². The molecule has 0 saturated carbocycles. The lowest BCUT2D eigenvalue weighted by molar-refractivity contribution is 0.102. The lowest BCUT2D eigenvalue weighted by Gasteiger charge is -2.11. The fourth-order valence-corrected chi connectivity index (χ4v) is 2.57. The summed E-state index contributed by atoms with van der Waals surface area (Å²) >= 11 is 0. The second-order valence-electron chi connectivity index (χ2n) is 5.59. The number of amides is 1. The molecule has 1 heterocycles. The molecule has 0 spiro atoms. The first-order chi connectivity index (χ1) is 12.7. The second kappa shape index (κ2) is 8.11. The van der Waals surface area contributed by atoms with Gasteiger partial charge in [0.15, 0.2) is 11.6 Å². The third-order valence-electron chi connectivity index (χ3n) is 3.92. The Hall–Kier alpha value is -3.41. The Balaban J connectivity index is 1.71. The number of aromatic nitrogens is 2. The highest BCUT2D eigenvalue weighted by Gasteiger charge is 2.12. The lowest BCUT2D eigenvalue weighted by Crippen LogP contribution is -2.14. The summed E-state index contributed by atoms with van der Waals surface area (Å²) < 4.78 is 5.20. The predicted octanol–water partition coefficient (Wildman–Crippen LogP) is 4.04. The van der Waals surface area contributed by atoms with Crippen LogP contribution in [0.2, 0.25) is 0 Å². The second-order valence-corrected chi connectivity index (χ2v) is 5.59. The van der Waals surface area contributed by atoms with Crippen molar-refractivity contribution < 1.29 is 9.53 Å². The number of hydrogen-bond acceptors (Lipinski definition) is 5. The number of nitrogens with one attached hydrogen (secondary N) is 2. The third-order valence-corrected chi connectivity index (χ3v) is 3.92. The molecule has 2 N–H and O–H groups in total. The van der Waals surface area contributed by atoms with E-state index in [0.29, 0.717) is 22.9 Å². The number of rotatable bonds is 6. The number of carbonyl (C=O) groups is 1. The van der Waals surface area contributed by atoms with Gasteiger partial charge in [-0.05, 0) is 42.3 Å². The normalized spacial score (nSPS) is 10.2. The molecule has 3 aromatic rings. The van der Waals surface area contributed by atoms with Crippen molar-refractivity contribution in [3.63, 3.8) is 0 Å². The molecule has 0 unspecified atom stereocenters. The molecular formula is C20H20N4O2. The molecule has 0 aliphatic carbocycles. The number of aryl methyl sites for hydroxylation is 1. The maximum Gasteiger partial charge on any atom is 0.260 e. The van der Waals surface area contributed by atoms with Gasteiger partial charge >= 0.3 is 0 Å². The van der Waals surface area contributed by atoms with E-state index in [1.54, 1.807) is 30.3 Å². The van der Waals surface area contributed by atoms with Crippen molar-refractivity contribution in [1.29, 1.82) is 0 Å². The van der Waals surface area contributed by atoms with Crippen LogP contribution in [0.1, 0.15) is 22.8 Å². The smallest absolute Gasteiger partial charge is 0.260 e. The number of nitrogens with zero attached hydrogens (tertiary/aromatic N) is 2. The highest BCUT2D eigenvalue weighted by molar-refractivity contribution is 6.05. The minimum atomic E-state index is -0.297. The van der Waals surface area contributed by atoms with Crippen molar-refractivity contribution >= 4 is 23.2 Å². The molecule has 0 saturated heterocycles. The Morgan fingerprint density at radius 3 is 2.38 bits per heavy atom. The molecular weight excluding hydrogens is 328 g/mol. The van der Waals surface area contributed by atoms with Crippen LogP contribution in [0.15, 0.2) is 60.7 Å². The maximum atomic E-state index is 12.4. The summed E-state index contributed by atoms with van der Waals surface area (Å²) in [5.41, 5.74) is 2.63. The minimum absolute atomic E-state index is 0.297. The Labute approximate surface area is 152 Å². The number of anilines is 3. The summed E-state index contributed by atoms with van der Waals surface area (Å²) in [7, 11) is 1.53. The quantitative estimate of drug-likeness (QED) is 0.703. The van der Waals surface area contributed by atoms with Gasteiger partial charge in [0.05, 0.1) is 12.7 Å². The first kappa shape index (κ1) is 17.4. The topological polar surface area (TPSA) is 76.1 Å². The average molecular weight is 348 g/mol. The van der Waals surface area contributed by atoms with E-state index < -0.39 is 0 Å². The van der Waals surface area contributed by atoms with E-state index in [2.05, 4.69) is 33.8 Å². The molecule has 0 bridgehead atoms. The Kier molecular flexibility index (Phi) is 5.43. The Morgan fingerprint density at radius 2 is 1.65 bits per heavy atom. The van der Waals surface area contributed by atoms with Crippen LogP contribution in [0.5, 0.6) is 5.75 Å². The van der Waals surface area contributed by atoms with Crippen molar-refractivity contribution in [3.8, 4) is 5.75 Å². The maximum absolute atomic E-state index is 12.4. The fourth-order valence-electron chi connectivity index (χ4n) is 2.57. The molecule has 1 amide bonds. The van der Waals surface area contributed by atoms with Crippen LogP contribution in [0.4, 0.5) is 17.3 Å². The van der Waals surface area contributed by atoms with Crippen molar-refractivity contribution in [1.82, 2.24) is 10.2 Å². The van der Waals surface area contributed by atoms with Crippen molar-refractivity contribution in [2.24, 2.45) is 0 Å². The van der Waals surface area contributed by atoms with Gasteiger partial charge < -0.3 is 15.4 Å². The molecule has 26 heavy (non-hydrogen) atoms. The number of hydrogen-bond donors (Lipinski definition) is 2. The van der Waals surface area contributed by atoms with Gasteiger partial charge in [-0.2, -0.15) is 0 Å². The van der Waals surface area contributed by atoms with Crippen LogP contribution >= 0.6 is 0 Å². The summed E-state index contributed by atoms with van der Waals surface area (Å²) in [5.74, 6) is 1.19. The van der Waals surface area contributed by atoms with E-state index in [0.717, 1.165) is 12.1 Å². The molecule has 2 aromatic carbocycles. The number of ether oxygens (including phenoxy) is 1. The Morgan fingerprint density at radius 1 is 0.962 bits per heavy atom. The van der Waals surface area contributed by atoms with Gasteiger partial charge in [0.2, 0.25) is 0 Å². The lowest BCUT2D eigenvalue weighted by atomic mass is 10.1. The number of methoxy groups -OCH3 is 1. The highest BCUT2D eigenvalue weighted by Crippen LogP contribution is 2.21. The molecule has 132 valence electrons. The summed E-state index contributed by atoms with van der Waals surface area (Å²) in [6, 6.07) is 18.5. The van der Waals surface area contributed by atoms with E-state index in [4.69, 9.17) is 4.74 Å². The van der Waals surface area contributed by atoms with Gasteiger partial charge in [-0.25, -0.2) is 0 Å². The van der Waals surface area contributed by atoms with Gasteiger partial charge in [0, 0.05) is 5.69 Å². The van der Waals surface area contributed by atoms with Crippen molar-refractivity contribution in [2.45, 2.75) is 13.3 Å². The standard InChI is InChI=1S/C20H20N4O2/c1-3-14-8-4-6-10-16(14)21-18-12-13-19(24-23-18)22-20(25)15-9-5-7-11-17(15)26-2/h4-13H,3H2,1-2H3,(H,21,23)(H,22,24,25). The zero-order valence-electron chi connectivity index (χ0n) is 14.7. The molecule has 1 aromatic heterocycles. The SMILES string of the molecule is CCc1ccccc1Nc1ccc(NC(=O)c2ccccc2OC)nn1. The molecule has 6 heteroatoms. The molecule has 0 radical (unpaired) electrons. The number of carbonyl (C=O) groups excluding carboxylic acids is 1. The summed E-state index contributed by atoms with van der Waals surface area (Å²) in [6.45, 7) is 2.10. The first-order valence-corrected chi connectivity index (χ1v) is 8.34. The average Bonchev–Trinajstić information content (AvgIpc) is 2.69. The van der Waals surface area contributed by atoms with Crippen LogP contribution < -0.4 is 15.4 Å². The third kappa shape index (κ3) is 3.97. The summed E-state index contributed by atoms with van der Waals surface area (Å²) in [5, 5.41) is 14.2. The Bertz CT molecular complexity index is 894. The summed E-state index contributed by atoms with van der Waals surface area (Å²) in [6.07, 6.45) is 0.920. The zero-order chi connectivity index (χ0) is 18.4. The van der Waals surface area contributed by atoms with Gasteiger partial charge in [-0.3, -0.25) is 4.79 Å². The minimum Gasteiger partial charge on any atom is -0.496 e. The summed E-state index contributed by atoms with van der Waals surface area (Å²) in [4.78, 5) is 12.4. The van der Waals surface area contributed by atoms with E-state index in [-0.39, 0.29) is 5.91 Å². The van der Waals surface area contributed by atoms with E-state index in [9.17, 15) is 4.79 Å². The predicted molar refractivity (Wildman–Crippen MR) is 102 cm³/mol. The monoisotopic (exact) mass is 348 g/mol. The van der Waals surface area contributed by atoms with Crippen LogP contribution in [0, 0.1) is 0 Å². The van der Waals surface area contributed by atoms with Crippen LogP contribution in [0.25, 0.3) is 0 Å². The first-order valence-electron chi connectivity index (χ1n) is 8.34. The largest absolute Gasteiger partial charge is 0.496 e. The van der Waals surface area contributed by atoms with Crippen LogP contribution in [-0.4, -0.2) is 23.2 Å². The molecule has 6 nitrogen and oxygen atoms in total. The van der Waals surface area contributed by atoms with Crippen molar-refractivity contribution in [2.75, 3.05) is 17.7 Å². The van der Waals surface area contributed by atoms with E-state index in [1.165, 1.54) is 12.7 Å². The fraction of sp³-hybridized carbons (Fsp3) is 0.150. The molecule has 0 aliphatic rings. The van der Waals surface area contributed by atoms with Gasteiger partial charge in [-0.15, -0.1) is 10.2 Å². The number of para-hydroxylation sites is 2. The van der Waals surface area contributed by atoms with Crippen LogP contribution in [-0.2, 0) is 6.42 Å². The zero-order valence-corrected chi connectivity index (χ0v) is 14.7. The molecule has 0 aliphatic heterocycles. The molecule has 3 rings (SSSR count). The van der Waals surface area contributed by atoms with E-state index in [1.807, 2.05) is 24.3 Å². The number of benzene rings is 2. The van der Waals surface area contributed by atoms with E-state index >= 15 is 0 Å². The highest BCUT2D eigenvalue weighted by atomic mass is 16.5. The molecule has 0 fully saturated rings. The molecule has 0 atom stereocenters. The van der Waals surface area contributed by atoms with Gasteiger partial charge in [-0.1, -0.05) is 37.3 Å². The van der Waals surface area contributed by atoms with Crippen LogP contribution in [0.3, 0.4) is 0 Å². The van der Waals surface area contributed by atoms with Gasteiger partial charge in [0.25, 0.3) is 5.91 Å². The van der Waals surface area contributed by atoms with Crippen molar-refractivity contribution in [3.05, 3.63) is 71.8 Å².